The topological polar surface area (TPSA) is 78.1 Å². The second-order valence-electron chi connectivity index (χ2n) is 3.41. The van der Waals surface area contributed by atoms with Crippen LogP contribution in [0.5, 0.6) is 0 Å². The normalized spacial score (nSPS) is 10.9. The third kappa shape index (κ3) is 1.88. The van der Waals surface area contributed by atoms with Crippen molar-refractivity contribution in [3.8, 4) is 23.0 Å². The number of nitrogens with zero attached hydrogens (tertiary/aromatic N) is 2. The quantitative estimate of drug-likeness (QED) is 0.769. The molecule has 0 radical (unpaired) electrons. The molecular formula is C11H9N3O2S. The SMILES string of the molecule is NCc1ccc(-c2nc(-c3ccsc3)no2)o1. The van der Waals surface area contributed by atoms with E-state index in [0.717, 1.165) is 5.56 Å². The van der Waals surface area contributed by atoms with Gasteiger partial charge in [0.15, 0.2) is 5.76 Å². The fraction of sp³-hybridized carbons (Fsp3) is 0.0909. The lowest BCUT2D eigenvalue weighted by Gasteiger charge is -1.87. The van der Waals surface area contributed by atoms with E-state index in [1.807, 2.05) is 16.8 Å². The Bertz CT molecular complexity index is 612. The van der Waals surface area contributed by atoms with Gasteiger partial charge in [0.05, 0.1) is 6.54 Å². The van der Waals surface area contributed by atoms with Gasteiger partial charge < -0.3 is 14.7 Å². The van der Waals surface area contributed by atoms with Crippen LogP contribution in [-0.2, 0) is 6.54 Å². The predicted molar refractivity (Wildman–Crippen MR) is 63.2 cm³/mol. The first-order chi connectivity index (χ1) is 8.36. The molecule has 3 heterocycles. The van der Waals surface area contributed by atoms with Crippen LogP contribution in [0.25, 0.3) is 23.0 Å². The van der Waals surface area contributed by atoms with Gasteiger partial charge in [-0.2, -0.15) is 16.3 Å². The first kappa shape index (κ1) is 10.2. The molecule has 3 aromatic heterocycles. The standard InChI is InChI=1S/C11H9N3O2S/c12-5-8-1-2-9(15-8)11-13-10(14-16-11)7-3-4-17-6-7/h1-4,6H,5,12H2. The van der Waals surface area contributed by atoms with Gasteiger partial charge in [0, 0.05) is 10.9 Å². The van der Waals surface area contributed by atoms with Gasteiger partial charge in [-0.25, -0.2) is 0 Å². The van der Waals surface area contributed by atoms with Gasteiger partial charge in [0.2, 0.25) is 5.82 Å². The van der Waals surface area contributed by atoms with Crippen LogP contribution in [0.15, 0.2) is 37.9 Å². The smallest absolute Gasteiger partial charge is 0.293 e. The zero-order chi connectivity index (χ0) is 11.7. The van der Waals surface area contributed by atoms with E-state index in [4.69, 9.17) is 14.7 Å². The molecule has 0 unspecified atom stereocenters. The highest BCUT2D eigenvalue weighted by Crippen LogP contribution is 2.24. The minimum atomic E-state index is 0.353. The van der Waals surface area contributed by atoms with Crippen LogP contribution in [0.4, 0.5) is 0 Å². The van der Waals surface area contributed by atoms with Gasteiger partial charge in [-0.3, -0.25) is 0 Å². The fourth-order valence-corrected chi connectivity index (χ4v) is 2.07. The van der Waals surface area contributed by atoms with E-state index in [9.17, 15) is 0 Å². The number of furan rings is 1. The molecule has 0 fully saturated rings. The lowest BCUT2D eigenvalue weighted by atomic mass is 10.3. The minimum Gasteiger partial charge on any atom is -0.455 e. The summed E-state index contributed by atoms with van der Waals surface area (Å²) in [4.78, 5) is 4.26. The van der Waals surface area contributed by atoms with Crippen molar-refractivity contribution in [1.29, 1.82) is 0 Å². The summed E-state index contributed by atoms with van der Waals surface area (Å²) < 4.78 is 10.6. The zero-order valence-corrected chi connectivity index (χ0v) is 9.61. The van der Waals surface area contributed by atoms with Gasteiger partial charge in [-0.05, 0) is 23.6 Å². The van der Waals surface area contributed by atoms with Crippen molar-refractivity contribution in [2.45, 2.75) is 6.54 Å². The molecule has 0 bridgehead atoms. The number of hydrogen-bond donors (Lipinski definition) is 1. The minimum absolute atomic E-state index is 0.353. The Hall–Kier alpha value is -1.92. The maximum Gasteiger partial charge on any atom is 0.293 e. The Morgan fingerprint density at radius 2 is 2.24 bits per heavy atom. The molecule has 86 valence electrons. The lowest BCUT2D eigenvalue weighted by Crippen LogP contribution is -1.92. The average Bonchev–Trinajstić information content (AvgIpc) is 3.09. The Morgan fingerprint density at radius 1 is 1.29 bits per heavy atom. The third-order valence-electron chi connectivity index (χ3n) is 2.28. The fourth-order valence-electron chi connectivity index (χ4n) is 1.44. The van der Waals surface area contributed by atoms with Crippen molar-refractivity contribution in [3.63, 3.8) is 0 Å². The van der Waals surface area contributed by atoms with Crippen molar-refractivity contribution in [2.75, 3.05) is 0 Å². The van der Waals surface area contributed by atoms with Gasteiger partial charge in [-0.15, -0.1) is 0 Å². The van der Waals surface area contributed by atoms with Gasteiger partial charge in [0.25, 0.3) is 5.89 Å². The highest BCUT2D eigenvalue weighted by Gasteiger charge is 2.13. The molecule has 6 heteroatoms. The maximum absolute atomic E-state index is 5.46. The summed E-state index contributed by atoms with van der Waals surface area (Å²) in [5, 5.41) is 7.82. The first-order valence-electron chi connectivity index (χ1n) is 5.02. The van der Waals surface area contributed by atoms with E-state index in [0.29, 0.717) is 29.8 Å². The van der Waals surface area contributed by atoms with E-state index in [1.54, 1.807) is 23.5 Å². The van der Waals surface area contributed by atoms with Gasteiger partial charge in [-0.1, -0.05) is 5.16 Å². The molecule has 17 heavy (non-hydrogen) atoms. The summed E-state index contributed by atoms with van der Waals surface area (Å²) in [6.07, 6.45) is 0. The molecule has 0 aliphatic rings. The third-order valence-corrected chi connectivity index (χ3v) is 2.96. The van der Waals surface area contributed by atoms with Crippen LogP contribution in [0, 0.1) is 0 Å². The van der Waals surface area contributed by atoms with Crippen molar-refractivity contribution in [2.24, 2.45) is 5.73 Å². The lowest BCUT2D eigenvalue weighted by molar-refractivity contribution is 0.412. The molecule has 3 aromatic rings. The van der Waals surface area contributed by atoms with Crippen LogP contribution in [0.2, 0.25) is 0 Å². The summed E-state index contributed by atoms with van der Waals surface area (Å²) in [6.45, 7) is 0.353. The van der Waals surface area contributed by atoms with E-state index in [1.165, 1.54) is 0 Å². The van der Waals surface area contributed by atoms with Crippen LogP contribution in [0.3, 0.4) is 0 Å². The second kappa shape index (κ2) is 4.15. The van der Waals surface area contributed by atoms with E-state index < -0.39 is 0 Å². The Morgan fingerprint density at radius 3 is 2.94 bits per heavy atom. The highest BCUT2D eigenvalue weighted by atomic mass is 32.1. The van der Waals surface area contributed by atoms with Crippen LogP contribution < -0.4 is 5.73 Å². The molecule has 0 aliphatic heterocycles. The summed E-state index contributed by atoms with van der Waals surface area (Å²) in [6, 6.07) is 5.50. The first-order valence-corrected chi connectivity index (χ1v) is 5.96. The number of thiophene rings is 1. The zero-order valence-electron chi connectivity index (χ0n) is 8.79. The Labute approximate surface area is 101 Å². The van der Waals surface area contributed by atoms with Gasteiger partial charge in [0.1, 0.15) is 5.76 Å². The predicted octanol–water partition coefficient (Wildman–Crippen LogP) is 2.52. The molecule has 0 spiro atoms. The van der Waals surface area contributed by atoms with E-state index >= 15 is 0 Å². The Balaban J connectivity index is 1.94. The van der Waals surface area contributed by atoms with E-state index in [-0.39, 0.29) is 0 Å². The molecule has 0 amide bonds. The number of aromatic nitrogens is 2. The summed E-state index contributed by atoms with van der Waals surface area (Å²) in [5.74, 6) is 2.16. The highest BCUT2D eigenvalue weighted by molar-refractivity contribution is 7.08. The average molecular weight is 247 g/mol. The van der Waals surface area contributed by atoms with Crippen molar-refractivity contribution in [1.82, 2.24) is 10.1 Å². The molecular weight excluding hydrogens is 238 g/mol. The van der Waals surface area contributed by atoms with Crippen molar-refractivity contribution < 1.29 is 8.94 Å². The molecule has 0 saturated heterocycles. The van der Waals surface area contributed by atoms with Crippen molar-refractivity contribution >= 4 is 11.3 Å². The molecule has 0 atom stereocenters. The largest absolute Gasteiger partial charge is 0.455 e. The molecule has 5 nitrogen and oxygen atoms in total. The van der Waals surface area contributed by atoms with Crippen LogP contribution >= 0.6 is 11.3 Å². The van der Waals surface area contributed by atoms with Crippen molar-refractivity contribution in [3.05, 3.63) is 34.7 Å². The molecule has 2 N–H and O–H groups in total. The molecule has 3 rings (SSSR count). The maximum atomic E-state index is 5.46. The second-order valence-corrected chi connectivity index (χ2v) is 4.19. The molecule has 0 aliphatic carbocycles. The summed E-state index contributed by atoms with van der Waals surface area (Å²) in [5.41, 5.74) is 6.40. The number of nitrogens with two attached hydrogens (primary N) is 1. The number of rotatable bonds is 3. The molecule has 0 aromatic carbocycles. The van der Waals surface area contributed by atoms with Gasteiger partial charge >= 0.3 is 0 Å². The summed E-state index contributed by atoms with van der Waals surface area (Å²) >= 11 is 1.59. The number of hydrogen-bond acceptors (Lipinski definition) is 6. The van der Waals surface area contributed by atoms with Crippen LogP contribution in [0.1, 0.15) is 5.76 Å². The van der Waals surface area contributed by atoms with Crippen LogP contribution in [-0.4, -0.2) is 10.1 Å². The molecule has 0 saturated carbocycles. The van der Waals surface area contributed by atoms with E-state index in [2.05, 4.69) is 10.1 Å². The Kier molecular flexibility index (Phi) is 2.50. The summed E-state index contributed by atoms with van der Waals surface area (Å²) in [7, 11) is 0. The monoisotopic (exact) mass is 247 g/mol.